The van der Waals surface area contributed by atoms with Crippen LogP contribution in [0.3, 0.4) is 0 Å². The fraction of sp³-hybridized carbons (Fsp3) is 0.417. The van der Waals surface area contributed by atoms with Crippen molar-refractivity contribution < 1.29 is 9.18 Å². The Balaban J connectivity index is 2.92. The predicted molar refractivity (Wildman–Crippen MR) is 59.9 cm³/mol. The van der Waals surface area contributed by atoms with Crippen molar-refractivity contribution in [3.05, 3.63) is 29.6 Å². The first kappa shape index (κ1) is 11.7. The molecule has 0 aliphatic rings. The van der Waals surface area contributed by atoms with E-state index in [1.807, 2.05) is 11.9 Å². The molecule has 0 bridgehead atoms. The Bertz CT molecular complexity index is 349. The number of anilines is 1. The number of rotatable bonds is 4. The van der Waals surface area contributed by atoms with Gasteiger partial charge in [-0.05, 0) is 24.1 Å². The van der Waals surface area contributed by atoms with E-state index in [2.05, 4.69) is 13.8 Å². The van der Waals surface area contributed by atoms with Crippen molar-refractivity contribution in [1.29, 1.82) is 0 Å². The largest absolute Gasteiger partial charge is 0.374 e. The van der Waals surface area contributed by atoms with Crippen molar-refractivity contribution in [2.24, 2.45) is 5.92 Å². The average Bonchev–Trinajstić information content (AvgIpc) is 2.15. The van der Waals surface area contributed by atoms with Gasteiger partial charge >= 0.3 is 0 Å². The summed E-state index contributed by atoms with van der Waals surface area (Å²) in [4.78, 5) is 12.5. The lowest BCUT2D eigenvalue weighted by Crippen LogP contribution is -2.22. The zero-order valence-electron chi connectivity index (χ0n) is 9.33. The lowest BCUT2D eigenvalue weighted by molar-refractivity contribution is 0.112. The van der Waals surface area contributed by atoms with Gasteiger partial charge in [0.25, 0.3) is 0 Å². The Hall–Kier alpha value is -1.38. The molecule has 0 radical (unpaired) electrons. The first-order valence-electron chi connectivity index (χ1n) is 5.00. The Morgan fingerprint density at radius 1 is 1.40 bits per heavy atom. The zero-order valence-corrected chi connectivity index (χ0v) is 9.33. The summed E-state index contributed by atoms with van der Waals surface area (Å²) in [5.41, 5.74) is 1.12. The normalized spacial score (nSPS) is 10.5. The number of hydrogen-bond acceptors (Lipinski definition) is 2. The van der Waals surface area contributed by atoms with Crippen LogP contribution in [0.1, 0.15) is 24.2 Å². The molecule has 3 heteroatoms. The summed E-state index contributed by atoms with van der Waals surface area (Å²) >= 11 is 0. The van der Waals surface area contributed by atoms with Crippen LogP contribution in [0.25, 0.3) is 0 Å². The fourth-order valence-corrected chi connectivity index (χ4v) is 1.54. The van der Waals surface area contributed by atoms with Crippen molar-refractivity contribution >= 4 is 12.0 Å². The van der Waals surface area contributed by atoms with Gasteiger partial charge in [-0.3, -0.25) is 4.79 Å². The zero-order chi connectivity index (χ0) is 11.4. The molecule has 0 unspecified atom stereocenters. The predicted octanol–water partition coefficient (Wildman–Crippen LogP) is 2.73. The third kappa shape index (κ3) is 3.35. The topological polar surface area (TPSA) is 20.3 Å². The summed E-state index contributed by atoms with van der Waals surface area (Å²) < 4.78 is 13.1. The molecule has 0 atom stereocenters. The molecule has 0 saturated heterocycles. The maximum atomic E-state index is 13.1. The van der Waals surface area contributed by atoms with Crippen LogP contribution in [0.5, 0.6) is 0 Å². The minimum atomic E-state index is -0.370. The molecular weight excluding hydrogens is 193 g/mol. The maximum absolute atomic E-state index is 13.1. The molecule has 0 fully saturated rings. The second kappa shape index (κ2) is 4.91. The summed E-state index contributed by atoms with van der Waals surface area (Å²) in [7, 11) is 1.89. The SMILES string of the molecule is CC(C)CN(C)c1cc(F)cc(C=O)c1. The van der Waals surface area contributed by atoms with Gasteiger partial charge in [0.1, 0.15) is 12.1 Å². The van der Waals surface area contributed by atoms with Crippen LogP contribution in [0.4, 0.5) is 10.1 Å². The Kier molecular flexibility index (Phi) is 3.83. The monoisotopic (exact) mass is 209 g/mol. The second-order valence-corrected chi connectivity index (χ2v) is 4.13. The van der Waals surface area contributed by atoms with Crippen LogP contribution in [0, 0.1) is 11.7 Å². The van der Waals surface area contributed by atoms with E-state index in [1.54, 1.807) is 6.07 Å². The van der Waals surface area contributed by atoms with E-state index in [4.69, 9.17) is 0 Å². The molecular formula is C12H16FNO. The van der Waals surface area contributed by atoms with E-state index in [0.717, 1.165) is 12.2 Å². The van der Waals surface area contributed by atoms with Gasteiger partial charge in [-0.15, -0.1) is 0 Å². The molecule has 0 saturated carbocycles. The molecule has 0 aliphatic heterocycles. The number of halogens is 1. The van der Waals surface area contributed by atoms with Crippen LogP contribution >= 0.6 is 0 Å². The number of carbonyl (C=O) groups is 1. The summed E-state index contributed by atoms with van der Waals surface area (Å²) in [6, 6.07) is 4.37. The van der Waals surface area contributed by atoms with E-state index in [-0.39, 0.29) is 5.82 Å². The van der Waals surface area contributed by atoms with E-state index in [1.165, 1.54) is 12.1 Å². The number of benzene rings is 1. The van der Waals surface area contributed by atoms with Crippen molar-refractivity contribution in [3.63, 3.8) is 0 Å². The van der Waals surface area contributed by atoms with Crippen molar-refractivity contribution in [2.75, 3.05) is 18.5 Å². The van der Waals surface area contributed by atoms with Crippen LogP contribution in [-0.2, 0) is 0 Å². The smallest absolute Gasteiger partial charge is 0.150 e. The first-order chi connectivity index (χ1) is 7.02. The number of carbonyl (C=O) groups excluding carboxylic acids is 1. The van der Waals surface area contributed by atoms with Gasteiger partial charge in [-0.1, -0.05) is 13.8 Å². The standard InChI is InChI=1S/C12H16FNO/c1-9(2)7-14(3)12-5-10(8-15)4-11(13)6-12/h4-6,8-9H,7H2,1-3H3. The molecule has 1 aromatic rings. The summed E-state index contributed by atoms with van der Waals surface area (Å²) in [6.45, 7) is 5.02. The fourth-order valence-electron chi connectivity index (χ4n) is 1.54. The second-order valence-electron chi connectivity index (χ2n) is 4.13. The first-order valence-corrected chi connectivity index (χ1v) is 5.00. The van der Waals surface area contributed by atoms with E-state index in [0.29, 0.717) is 17.8 Å². The van der Waals surface area contributed by atoms with Gasteiger partial charge in [0, 0.05) is 24.8 Å². The molecule has 0 N–H and O–H groups in total. The van der Waals surface area contributed by atoms with Crippen molar-refractivity contribution in [3.8, 4) is 0 Å². The van der Waals surface area contributed by atoms with Crippen LogP contribution < -0.4 is 4.90 Å². The van der Waals surface area contributed by atoms with Crippen molar-refractivity contribution in [1.82, 2.24) is 0 Å². The van der Waals surface area contributed by atoms with Crippen molar-refractivity contribution in [2.45, 2.75) is 13.8 Å². The third-order valence-electron chi connectivity index (χ3n) is 2.12. The molecule has 0 spiro atoms. The van der Waals surface area contributed by atoms with Gasteiger partial charge in [0.05, 0.1) is 0 Å². The van der Waals surface area contributed by atoms with E-state index >= 15 is 0 Å². The lowest BCUT2D eigenvalue weighted by Gasteiger charge is -2.21. The molecule has 0 heterocycles. The van der Waals surface area contributed by atoms with Crippen LogP contribution in [0.2, 0.25) is 0 Å². The number of hydrogen-bond donors (Lipinski definition) is 0. The highest BCUT2D eigenvalue weighted by Crippen LogP contribution is 2.17. The van der Waals surface area contributed by atoms with Crippen LogP contribution in [0.15, 0.2) is 18.2 Å². The van der Waals surface area contributed by atoms with Gasteiger partial charge in [-0.25, -0.2) is 4.39 Å². The van der Waals surface area contributed by atoms with E-state index < -0.39 is 0 Å². The summed E-state index contributed by atoms with van der Waals surface area (Å²) in [6.07, 6.45) is 0.662. The lowest BCUT2D eigenvalue weighted by atomic mass is 10.1. The van der Waals surface area contributed by atoms with Gasteiger partial charge in [0.2, 0.25) is 0 Å². The minimum Gasteiger partial charge on any atom is -0.374 e. The molecule has 1 rings (SSSR count). The molecule has 0 aliphatic carbocycles. The van der Waals surface area contributed by atoms with Gasteiger partial charge in [-0.2, -0.15) is 0 Å². The minimum absolute atomic E-state index is 0.370. The number of aldehydes is 1. The summed E-state index contributed by atoms with van der Waals surface area (Å²) in [5.74, 6) is 0.128. The van der Waals surface area contributed by atoms with Gasteiger partial charge in [0.15, 0.2) is 0 Å². The Labute approximate surface area is 89.7 Å². The quantitative estimate of drug-likeness (QED) is 0.711. The average molecular weight is 209 g/mol. The molecule has 15 heavy (non-hydrogen) atoms. The van der Waals surface area contributed by atoms with Crippen LogP contribution in [-0.4, -0.2) is 19.9 Å². The molecule has 0 amide bonds. The highest BCUT2D eigenvalue weighted by molar-refractivity contribution is 5.77. The molecule has 2 nitrogen and oxygen atoms in total. The van der Waals surface area contributed by atoms with E-state index in [9.17, 15) is 9.18 Å². The Morgan fingerprint density at radius 3 is 2.60 bits per heavy atom. The molecule has 1 aromatic carbocycles. The maximum Gasteiger partial charge on any atom is 0.150 e. The summed E-state index contributed by atoms with van der Waals surface area (Å²) in [5, 5.41) is 0. The molecule has 0 aromatic heterocycles. The van der Waals surface area contributed by atoms with Gasteiger partial charge < -0.3 is 4.90 Å². The highest BCUT2D eigenvalue weighted by Gasteiger charge is 2.06. The number of nitrogens with zero attached hydrogens (tertiary/aromatic N) is 1. The molecule has 82 valence electrons. The Morgan fingerprint density at radius 2 is 2.07 bits per heavy atom. The third-order valence-corrected chi connectivity index (χ3v) is 2.12. The highest BCUT2D eigenvalue weighted by atomic mass is 19.1.